The first-order valence-electron chi connectivity index (χ1n) is 9.46. The molecular formula is C22H18Cl2FN3O4S. The molecule has 1 N–H and O–H groups in total. The van der Waals surface area contributed by atoms with E-state index in [2.05, 4.69) is 10.3 Å². The fourth-order valence-electron chi connectivity index (χ4n) is 3.07. The molecule has 0 aliphatic heterocycles. The highest BCUT2D eigenvalue weighted by Crippen LogP contribution is 2.31. The van der Waals surface area contributed by atoms with Gasteiger partial charge in [-0.2, -0.15) is 0 Å². The number of pyridine rings is 1. The maximum absolute atomic E-state index is 13.2. The van der Waals surface area contributed by atoms with Crippen LogP contribution in [-0.2, 0) is 25.8 Å². The molecule has 1 heterocycles. The zero-order valence-electron chi connectivity index (χ0n) is 17.5. The SMILES string of the molecule is CC(=O)N(c1ccc(S(C)(=O)=O)c(Cl)c1)c1cc(NC(=O)Cc2ccc(F)cc2Cl)ccn1. The lowest BCUT2D eigenvalue weighted by atomic mass is 10.1. The smallest absolute Gasteiger partial charge is 0.229 e. The van der Waals surface area contributed by atoms with Gasteiger partial charge in [-0.05, 0) is 42.0 Å². The number of benzene rings is 2. The number of hydrogen-bond donors (Lipinski definition) is 1. The molecule has 0 spiro atoms. The molecular weight excluding hydrogens is 492 g/mol. The Morgan fingerprint density at radius 2 is 1.79 bits per heavy atom. The van der Waals surface area contributed by atoms with Crippen LogP contribution in [0.5, 0.6) is 0 Å². The zero-order chi connectivity index (χ0) is 24.3. The van der Waals surface area contributed by atoms with Crippen molar-refractivity contribution in [1.29, 1.82) is 0 Å². The van der Waals surface area contributed by atoms with Crippen LogP contribution >= 0.6 is 23.2 Å². The summed E-state index contributed by atoms with van der Waals surface area (Å²) in [5, 5.41) is 2.78. The highest BCUT2D eigenvalue weighted by molar-refractivity contribution is 7.90. The van der Waals surface area contributed by atoms with Crippen molar-refractivity contribution in [2.24, 2.45) is 0 Å². The molecule has 1 aromatic heterocycles. The highest BCUT2D eigenvalue weighted by atomic mass is 35.5. The first-order valence-corrected chi connectivity index (χ1v) is 12.1. The van der Waals surface area contributed by atoms with Crippen LogP contribution < -0.4 is 10.2 Å². The lowest BCUT2D eigenvalue weighted by Gasteiger charge is -2.21. The van der Waals surface area contributed by atoms with E-state index in [9.17, 15) is 22.4 Å². The summed E-state index contributed by atoms with van der Waals surface area (Å²) in [6.07, 6.45) is 2.34. The largest absolute Gasteiger partial charge is 0.326 e. The van der Waals surface area contributed by atoms with E-state index in [1.807, 2.05) is 0 Å². The van der Waals surface area contributed by atoms with Gasteiger partial charge >= 0.3 is 0 Å². The second kappa shape index (κ2) is 9.86. The first-order chi connectivity index (χ1) is 15.5. The van der Waals surface area contributed by atoms with Crippen molar-refractivity contribution in [2.75, 3.05) is 16.5 Å². The van der Waals surface area contributed by atoms with Crippen molar-refractivity contribution in [2.45, 2.75) is 18.2 Å². The number of halogens is 3. The summed E-state index contributed by atoms with van der Waals surface area (Å²) in [5.74, 6) is -1.14. The van der Waals surface area contributed by atoms with Gasteiger partial charge in [-0.1, -0.05) is 29.3 Å². The van der Waals surface area contributed by atoms with Gasteiger partial charge in [0.15, 0.2) is 9.84 Å². The Labute approximate surface area is 200 Å². The molecule has 172 valence electrons. The predicted molar refractivity (Wildman–Crippen MR) is 125 cm³/mol. The number of hydrogen-bond acceptors (Lipinski definition) is 5. The molecule has 7 nitrogen and oxygen atoms in total. The summed E-state index contributed by atoms with van der Waals surface area (Å²) in [6, 6.07) is 10.9. The summed E-state index contributed by atoms with van der Waals surface area (Å²) in [6.45, 7) is 1.31. The third-order valence-corrected chi connectivity index (χ3v) is 6.44. The normalized spacial score (nSPS) is 11.2. The Morgan fingerprint density at radius 3 is 2.39 bits per heavy atom. The standard InChI is InChI=1S/C22H18Cl2FN3O4S/c1-13(29)28(17-5-6-20(19(24)12-17)33(2,31)32)21-11-16(7-8-26-21)27-22(30)9-14-3-4-15(25)10-18(14)23/h3-8,10-12H,9H2,1-2H3,(H,26,27,30). The molecule has 0 radical (unpaired) electrons. The second-order valence-corrected chi connectivity index (χ2v) is 9.90. The van der Waals surface area contributed by atoms with Gasteiger partial charge in [0.2, 0.25) is 11.8 Å². The molecule has 3 rings (SSSR count). The van der Waals surface area contributed by atoms with Crippen molar-refractivity contribution in [3.8, 4) is 0 Å². The fraction of sp³-hybridized carbons (Fsp3) is 0.136. The van der Waals surface area contributed by atoms with Gasteiger partial charge in [-0.15, -0.1) is 0 Å². The third kappa shape index (κ3) is 6.07. The zero-order valence-corrected chi connectivity index (χ0v) is 19.8. The molecule has 0 saturated heterocycles. The number of aromatic nitrogens is 1. The Bertz CT molecular complexity index is 1350. The Morgan fingerprint density at radius 1 is 1.06 bits per heavy atom. The molecule has 0 atom stereocenters. The summed E-state index contributed by atoms with van der Waals surface area (Å²) >= 11 is 12.1. The number of nitrogens with one attached hydrogen (secondary N) is 1. The molecule has 0 aliphatic rings. The average molecular weight is 510 g/mol. The van der Waals surface area contributed by atoms with Crippen molar-refractivity contribution >= 4 is 62.0 Å². The van der Waals surface area contributed by atoms with E-state index in [0.29, 0.717) is 16.9 Å². The molecule has 33 heavy (non-hydrogen) atoms. The lowest BCUT2D eigenvalue weighted by Crippen LogP contribution is -2.24. The van der Waals surface area contributed by atoms with E-state index >= 15 is 0 Å². The van der Waals surface area contributed by atoms with Crippen LogP contribution in [0.1, 0.15) is 12.5 Å². The van der Waals surface area contributed by atoms with E-state index in [-0.39, 0.29) is 27.2 Å². The van der Waals surface area contributed by atoms with Crippen LogP contribution in [0, 0.1) is 5.82 Å². The molecule has 11 heteroatoms. The summed E-state index contributed by atoms with van der Waals surface area (Å²) in [7, 11) is -3.54. The van der Waals surface area contributed by atoms with Gasteiger partial charge in [0.1, 0.15) is 11.6 Å². The Kier molecular flexibility index (Phi) is 7.36. The molecule has 2 aromatic carbocycles. The van der Waals surface area contributed by atoms with Crippen LogP contribution in [0.15, 0.2) is 59.6 Å². The van der Waals surface area contributed by atoms with Crippen LogP contribution in [-0.4, -0.2) is 31.5 Å². The van der Waals surface area contributed by atoms with Crippen molar-refractivity contribution in [3.05, 3.63) is 76.2 Å². The second-order valence-electron chi connectivity index (χ2n) is 7.10. The monoisotopic (exact) mass is 509 g/mol. The molecule has 2 amide bonds. The van der Waals surface area contributed by atoms with Gasteiger partial charge < -0.3 is 5.32 Å². The van der Waals surface area contributed by atoms with Gasteiger partial charge in [0.25, 0.3) is 0 Å². The third-order valence-electron chi connectivity index (χ3n) is 4.51. The van der Waals surface area contributed by atoms with E-state index in [0.717, 1.165) is 12.3 Å². The summed E-state index contributed by atoms with van der Waals surface area (Å²) in [5.41, 5.74) is 1.11. The number of anilines is 3. The van der Waals surface area contributed by atoms with Gasteiger partial charge in [-0.25, -0.2) is 17.8 Å². The van der Waals surface area contributed by atoms with Gasteiger partial charge in [-0.3, -0.25) is 14.5 Å². The van der Waals surface area contributed by atoms with E-state index in [4.69, 9.17) is 23.2 Å². The number of amides is 2. The van der Waals surface area contributed by atoms with Crippen LogP contribution in [0.4, 0.5) is 21.6 Å². The van der Waals surface area contributed by atoms with E-state index in [1.54, 1.807) is 0 Å². The summed E-state index contributed by atoms with van der Waals surface area (Å²) < 4.78 is 36.8. The van der Waals surface area contributed by atoms with Crippen LogP contribution in [0.2, 0.25) is 10.0 Å². The molecule has 0 unspecified atom stereocenters. The molecule has 0 fully saturated rings. The minimum atomic E-state index is -3.54. The number of carbonyl (C=O) groups excluding carboxylic acids is 2. The fourth-order valence-corrected chi connectivity index (χ4v) is 4.62. The molecule has 3 aromatic rings. The maximum Gasteiger partial charge on any atom is 0.229 e. The number of nitrogens with zero attached hydrogens (tertiary/aromatic N) is 2. The molecule has 0 aliphatic carbocycles. The maximum atomic E-state index is 13.2. The van der Waals surface area contributed by atoms with Crippen molar-refractivity contribution < 1.29 is 22.4 Å². The van der Waals surface area contributed by atoms with E-state index < -0.39 is 27.5 Å². The molecule has 0 saturated carbocycles. The number of rotatable bonds is 6. The summed E-state index contributed by atoms with van der Waals surface area (Å²) in [4.78, 5) is 30.2. The van der Waals surface area contributed by atoms with Crippen molar-refractivity contribution in [3.63, 3.8) is 0 Å². The van der Waals surface area contributed by atoms with Gasteiger partial charge in [0.05, 0.1) is 22.0 Å². The minimum Gasteiger partial charge on any atom is -0.326 e. The van der Waals surface area contributed by atoms with Crippen molar-refractivity contribution in [1.82, 2.24) is 4.98 Å². The number of carbonyl (C=O) groups is 2. The highest BCUT2D eigenvalue weighted by Gasteiger charge is 2.20. The van der Waals surface area contributed by atoms with E-state index in [1.165, 1.54) is 60.5 Å². The van der Waals surface area contributed by atoms with Crippen LogP contribution in [0.3, 0.4) is 0 Å². The van der Waals surface area contributed by atoms with Crippen LogP contribution in [0.25, 0.3) is 0 Å². The first kappa shape index (κ1) is 24.6. The topological polar surface area (TPSA) is 96.4 Å². The number of sulfone groups is 1. The average Bonchev–Trinajstić information content (AvgIpc) is 2.69. The quantitative estimate of drug-likeness (QED) is 0.514. The molecule has 0 bridgehead atoms. The Hall–Kier alpha value is -3.01. The van der Waals surface area contributed by atoms with Gasteiger partial charge in [0, 0.05) is 36.2 Å². The predicted octanol–water partition coefficient (Wildman–Crippen LogP) is 4.80. The Balaban J connectivity index is 1.86. The lowest BCUT2D eigenvalue weighted by molar-refractivity contribution is -0.116. The minimum absolute atomic E-state index is 0.0399.